The predicted molar refractivity (Wildman–Crippen MR) is 221 cm³/mol. The number of fused-ring (bicyclic) bond motifs is 11. The summed E-state index contributed by atoms with van der Waals surface area (Å²) in [5.41, 5.74) is 9.61. The van der Waals surface area contributed by atoms with Crippen LogP contribution in [0.15, 0.2) is 177 Å². The number of aromatic nitrogens is 3. The second-order valence-corrected chi connectivity index (χ2v) is 13.9. The Morgan fingerprint density at radius 1 is 0.291 bits per heavy atom. The molecule has 55 heavy (non-hydrogen) atoms. The van der Waals surface area contributed by atoms with E-state index in [0.29, 0.717) is 17.5 Å². The number of furan rings is 3. The van der Waals surface area contributed by atoms with Crippen molar-refractivity contribution in [1.82, 2.24) is 15.0 Å². The summed E-state index contributed by atoms with van der Waals surface area (Å²) in [6, 6.07) is 55.7. The van der Waals surface area contributed by atoms with E-state index in [4.69, 9.17) is 28.2 Å². The Kier molecular flexibility index (Phi) is 6.24. The van der Waals surface area contributed by atoms with Gasteiger partial charge >= 0.3 is 0 Å². The number of rotatable bonds is 4. The Labute approximate surface area is 312 Å². The highest BCUT2D eigenvalue weighted by Gasteiger charge is 2.21. The van der Waals surface area contributed by atoms with Gasteiger partial charge in [0.05, 0.1) is 5.56 Å². The van der Waals surface area contributed by atoms with Gasteiger partial charge in [0.25, 0.3) is 0 Å². The van der Waals surface area contributed by atoms with Crippen LogP contribution in [0.2, 0.25) is 0 Å². The van der Waals surface area contributed by atoms with Crippen molar-refractivity contribution in [2.24, 2.45) is 0 Å². The zero-order chi connectivity index (χ0) is 36.0. The minimum absolute atomic E-state index is 0.525. The molecule has 0 atom stereocenters. The van der Waals surface area contributed by atoms with Crippen molar-refractivity contribution in [2.45, 2.75) is 0 Å². The molecule has 0 fully saturated rings. The molecule has 6 heteroatoms. The first-order valence-electron chi connectivity index (χ1n) is 18.3. The first kappa shape index (κ1) is 29.9. The van der Waals surface area contributed by atoms with E-state index in [9.17, 15) is 0 Å². The van der Waals surface area contributed by atoms with Crippen LogP contribution in [0.1, 0.15) is 0 Å². The second-order valence-electron chi connectivity index (χ2n) is 13.9. The molecular formula is C49H27N3O3. The molecule has 0 bridgehead atoms. The van der Waals surface area contributed by atoms with Crippen LogP contribution in [-0.4, -0.2) is 15.0 Å². The Balaban J connectivity index is 1.09. The molecule has 0 radical (unpaired) electrons. The van der Waals surface area contributed by atoms with Crippen LogP contribution in [0.3, 0.4) is 0 Å². The van der Waals surface area contributed by atoms with Gasteiger partial charge in [0.2, 0.25) is 0 Å². The van der Waals surface area contributed by atoms with Gasteiger partial charge in [0, 0.05) is 43.4 Å². The number of para-hydroxylation sites is 4. The summed E-state index contributed by atoms with van der Waals surface area (Å²) < 4.78 is 19.1. The normalized spacial score (nSPS) is 12.0. The van der Waals surface area contributed by atoms with Gasteiger partial charge in [-0.3, -0.25) is 0 Å². The van der Waals surface area contributed by atoms with Gasteiger partial charge in [-0.05, 0) is 58.3 Å². The smallest absolute Gasteiger partial charge is 0.167 e. The first-order chi connectivity index (χ1) is 27.2. The van der Waals surface area contributed by atoms with E-state index in [1.807, 2.05) is 78.9 Å². The van der Waals surface area contributed by atoms with Crippen LogP contribution in [0.4, 0.5) is 0 Å². The SMILES string of the molecule is c1ccc2c(c1)oc1c(-c3nc(-c4ccc(-c5cccc6oc7ccccc7c56)cc4)nc(-c4cc5oc6ccccc6c5c5ccccc45)n3)cccc12. The summed E-state index contributed by atoms with van der Waals surface area (Å²) in [6.45, 7) is 0. The monoisotopic (exact) mass is 705 g/mol. The standard InChI is InChI=1S/C49H27N3O3/c1-2-13-33-31(11-1)38(27-43-45(33)36-15-5-8-21-41(36)54-43)49-51-47(50-48(52-49)37-18-9-17-34-32-12-3-6-19-39(32)55-46(34)37)29-25-23-28(24-26-29)30-16-10-22-42-44(30)35-14-4-7-20-40(35)53-42/h1-27H. The number of hydrogen-bond donors (Lipinski definition) is 0. The van der Waals surface area contributed by atoms with Crippen LogP contribution in [-0.2, 0) is 0 Å². The molecule has 0 amide bonds. The molecule has 0 aliphatic carbocycles. The van der Waals surface area contributed by atoms with Gasteiger partial charge in [-0.25, -0.2) is 15.0 Å². The van der Waals surface area contributed by atoms with Crippen molar-refractivity contribution in [3.8, 4) is 45.3 Å². The predicted octanol–water partition coefficient (Wildman–Crippen LogP) is 13.4. The highest BCUT2D eigenvalue weighted by atomic mass is 16.3. The molecule has 6 nitrogen and oxygen atoms in total. The van der Waals surface area contributed by atoms with E-state index < -0.39 is 0 Å². The Hall–Kier alpha value is -7.57. The van der Waals surface area contributed by atoms with Gasteiger partial charge in [-0.15, -0.1) is 0 Å². The summed E-state index contributed by atoms with van der Waals surface area (Å²) in [5.74, 6) is 1.63. The van der Waals surface area contributed by atoms with Crippen molar-refractivity contribution in [1.29, 1.82) is 0 Å². The van der Waals surface area contributed by atoms with E-state index in [2.05, 4.69) is 84.9 Å². The topological polar surface area (TPSA) is 78.1 Å². The maximum Gasteiger partial charge on any atom is 0.167 e. The summed E-state index contributed by atoms with van der Waals surface area (Å²) in [6.07, 6.45) is 0. The third-order valence-electron chi connectivity index (χ3n) is 10.8. The highest BCUT2D eigenvalue weighted by molar-refractivity contribution is 6.22. The molecular weight excluding hydrogens is 679 g/mol. The molecule has 0 saturated carbocycles. The van der Waals surface area contributed by atoms with E-state index >= 15 is 0 Å². The lowest BCUT2D eigenvalue weighted by Crippen LogP contribution is -2.01. The molecule has 0 N–H and O–H groups in total. The van der Waals surface area contributed by atoms with Crippen LogP contribution >= 0.6 is 0 Å². The fourth-order valence-corrected chi connectivity index (χ4v) is 8.26. The summed E-state index contributed by atoms with van der Waals surface area (Å²) in [5, 5.41) is 8.51. The molecule has 0 aliphatic heterocycles. The lowest BCUT2D eigenvalue weighted by molar-refractivity contribution is 0.668. The van der Waals surface area contributed by atoms with Gasteiger partial charge < -0.3 is 13.3 Å². The van der Waals surface area contributed by atoms with Crippen molar-refractivity contribution in [3.63, 3.8) is 0 Å². The van der Waals surface area contributed by atoms with Crippen LogP contribution in [0.25, 0.3) is 122 Å². The first-order valence-corrected chi connectivity index (χ1v) is 18.3. The maximum atomic E-state index is 6.49. The second kappa shape index (κ2) is 11.5. The summed E-state index contributed by atoms with van der Waals surface area (Å²) >= 11 is 0. The molecule has 0 unspecified atom stereocenters. The number of hydrogen-bond acceptors (Lipinski definition) is 6. The van der Waals surface area contributed by atoms with Gasteiger partial charge in [-0.2, -0.15) is 0 Å². The van der Waals surface area contributed by atoms with E-state index in [1.54, 1.807) is 0 Å². The maximum absolute atomic E-state index is 6.49. The molecule has 0 spiro atoms. The molecule has 8 aromatic carbocycles. The average Bonchev–Trinajstić information content (AvgIpc) is 3.95. The van der Waals surface area contributed by atoms with E-state index in [1.165, 1.54) is 0 Å². The third-order valence-corrected chi connectivity index (χ3v) is 10.8. The molecule has 0 aliphatic rings. The molecule has 12 rings (SSSR count). The number of benzene rings is 8. The van der Waals surface area contributed by atoms with Crippen molar-refractivity contribution in [3.05, 3.63) is 164 Å². The Morgan fingerprint density at radius 3 is 1.56 bits per heavy atom. The van der Waals surface area contributed by atoms with Crippen LogP contribution < -0.4 is 0 Å². The minimum Gasteiger partial charge on any atom is -0.456 e. The minimum atomic E-state index is 0.525. The zero-order valence-electron chi connectivity index (χ0n) is 29.2. The van der Waals surface area contributed by atoms with E-state index in [-0.39, 0.29) is 0 Å². The number of nitrogens with zero attached hydrogens (tertiary/aromatic N) is 3. The molecule has 0 saturated heterocycles. The fourth-order valence-electron chi connectivity index (χ4n) is 8.26. The zero-order valence-corrected chi connectivity index (χ0v) is 29.2. The van der Waals surface area contributed by atoms with Gasteiger partial charge in [0.1, 0.15) is 33.5 Å². The fraction of sp³-hybridized carbons (Fsp3) is 0. The van der Waals surface area contributed by atoms with E-state index in [0.717, 1.165) is 104 Å². The largest absolute Gasteiger partial charge is 0.456 e. The lowest BCUT2D eigenvalue weighted by atomic mass is 9.98. The van der Waals surface area contributed by atoms with Gasteiger partial charge in [0.15, 0.2) is 17.5 Å². The third kappa shape index (κ3) is 4.52. The highest BCUT2D eigenvalue weighted by Crippen LogP contribution is 2.42. The quantitative estimate of drug-likeness (QED) is 0.181. The van der Waals surface area contributed by atoms with Crippen LogP contribution in [0.5, 0.6) is 0 Å². The molecule has 4 heterocycles. The molecule has 4 aromatic heterocycles. The molecule has 256 valence electrons. The summed E-state index contributed by atoms with van der Waals surface area (Å²) in [4.78, 5) is 15.6. The molecule has 12 aromatic rings. The Bertz CT molecular complexity index is 3500. The average molecular weight is 706 g/mol. The van der Waals surface area contributed by atoms with Crippen molar-refractivity contribution in [2.75, 3.05) is 0 Å². The Morgan fingerprint density at radius 2 is 0.800 bits per heavy atom. The van der Waals surface area contributed by atoms with Crippen molar-refractivity contribution >= 4 is 76.6 Å². The van der Waals surface area contributed by atoms with Crippen LogP contribution in [0, 0.1) is 0 Å². The lowest BCUT2D eigenvalue weighted by Gasteiger charge is -2.12. The van der Waals surface area contributed by atoms with Gasteiger partial charge in [-0.1, -0.05) is 127 Å². The van der Waals surface area contributed by atoms with Crippen molar-refractivity contribution < 1.29 is 13.3 Å². The summed E-state index contributed by atoms with van der Waals surface area (Å²) in [7, 11) is 0.